The van der Waals surface area contributed by atoms with Crippen molar-refractivity contribution >= 4 is 0 Å². The number of methoxy groups -OCH3 is 2. The first kappa shape index (κ1) is 17.6. The Balaban J connectivity index is 1.54. The van der Waals surface area contributed by atoms with Crippen LogP contribution in [-0.2, 0) is 6.54 Å². The van der Waals surface area contributed by atoms with Gasteiger partial charge in [0.25, 0.3) is 0 Å². The predicted octanol–water partition coefficient (Wildman–Crippen LogP) is 4.23. The number of hydrogen-bond donors (Lipinski definition) is 0. The first-order valence-corrected chi connectivity index (χ1v) is 9.33. The summed E-state index contributed by atoms with van der Waals surface area (Å²) in [4.78, 5) is 2.51. The van der Waals surface area contributed by atoms with Crippen molar-refractivity contribution in [3.63, 3.8) is 0 Å². The fraction of sp³-hybridized carbons (Fsp3) is 0.318. The molecule has 1 fully saturated rings. The average Bonchev–Trinajstić information content (AvgIpc) is 3.38. The van der Waals surface area contributed by atoms with Crippen LogP contribution in [0.25, 0.3) is 5.69 Å². The fourth-order valence-electron chi connectivity index (χ4n) is 3.86. The molecule has 1 aliphatic heterocycles. The molecule has 0 amide bonds. The van der Waals surface area contributed by atoms with E-state index in [1.165, 1.54) is 17.5 Å². The van der Waals surface area contributed by atoms with Gasteiger partial charge in [-0.3, -0.25) is 4.90 Å². The third kappa shape index (κ3) is 3.69. The van der Waals surface area contributed by atoms with Gasteiger partial charge in [-0.05, 0) is 37.6 Å². The number of benzene rings is 2. The van der Waals surface area contributed by atoms with Crippen molar-refractivity contribution in [2.45, 2.75) is 25.4 Å². The maximum absolute atomic E-state index is 5.64. The van der Waals surface area contributed by atoms with Crippen LogP contribution in [0, 0.1) is 0 Å². The third-order valence-corrected chi connectivity index (χ3v) is 5.21. The highest BCUT2D eigenvalue weighted by atomic mass is 16.5. The highest BCUT2D eigenvalue weighted by Crippen LogP contribution is 2.39. The van der Waals surface area contributed by atoms with Gasteiger partial charge in [-0.15, -0.1) is 0 Å². The number of para-hydroxylation sites is 1. The Morgan fingerprint density at radius 1 is 1.07 bits per heavy atom. The molecule has 1 atom stereocenters. The van der Waals surface area contributed by atoms with Crippen LogP contribution in [0.4, 0.5) is 0 Å². The second-order valence-electron chi connectivity index (χ2n) is 6.87. The quantitative estimate of drug-likeness (QED) is 0.657. The smallest absolute Gasteiger partial charge is 0.127 e. The maximum Gasteiger partial charge on any atom is 0.127 e. The van der Waals surface area contributed by atoms with Gasteiger partial charge in [-0.2, -0.15) is 5.10 Å². The summed E-state index contributed by atoms with van der Waals surface area (Å²) in [6.45, 7) is 1.96. The lowest BCUT2D eigenvalue weighted by molar-refractivity contribution is 0.242. The van der Waals surface area contributed by atoms with E-state index in [9.17, 15) is 0 Å². The molecule has 0 saturated carbocycles. The van der Waals surface area contributed by atoms with E-state index in [2.05, 4.69) is 34.4 Å². The molecule has 1 aliphatic rings. The molecule has 1 unspecified atom stereocenters. The minimum atomic E-state index is 0.353. The van der Waals surface area contributed by atoms with E-state index in [1.54, 1.807) is 14.2 Å². The molecule has 0 bridgehead atoms. The summed E-state index contributed by atoms with van der Waals surface area (Å²) in [5.74, 6) is 1.72. The molecule has 2 aromatic carbocycles. The van der Waals surface area contributed by atoms with Crippen molar-refractivity contribution in [3.8, 4) is 17.2 Å². The van der Waals surface area contributed by atoms with E-state index in [0.29, 0.717) is 6.04 Å². The Morgan fingerprint density at radius 3 is 2.70 bits per heavy atom. The molecule has 0 aliphatic carbocycles. The van der Waals surface area contributed by atoms with Gasteiger partial charge in [0.15, 0.2) is 0 Å². The fourth-order valence-corrected chi connectivity index (χ4v) is 3.86. The van der Waals surface area contributed by atoms with Gasteiger partial charge in [0.2, 0.25) is 0 Å². The van der Waals surface area contributed by atoms with Gasteiger partial charge in [0.1, 0.15) is 11.5 Å². The van der Waals surface area contributed by atoms with Crippen LogP contribution in [0.15, 0.2) is 60.9 Å². The largest absolute Gasteiger partial charge is 0.497 e. The topological polar surface area (TPSA) is 39.5 Å². The van der Waals surface area contributed by atoms with E-state index >= 15 is 0 Å². The van der Waals surface area contributed by atoms with Crippen LogP contribution in [-0.4, -0.2) is 35.4 Å². The summed E-state index contributed by atoms with van der Waals surface area (Å²) in [6.07, 6.45) is 6.41. The SMILES string of the molecule is COc1ccc(C2CCCN2Cc2cnn(-c3ccccc3)c2)c(OC)c1. The minimum absolute atomic E-state index is 0.353. The summed E-state index contributed by atoms with van der Waals surface area (Å²) >= 11 is 0. The number of nitrogens with zero attached hydrogens (tertiary/aromatic N) is 3. The lowest BCUT2D eigenvalue weighted by atomic mass is 10.0. The van der Waals surface area contributed by atoms with E-state index in [4.69, 9.17) is 9.47 Å². The first-order chi connectivity index (χ1) is 13.3. The zero-order valence-corrected chi connectivity index (χ0v) is 15.8. The molecule has 1 saturated heterocycles. The van der Waals surface area contributed by atoms with Crippen LogP contribution in [0.1, 0.15) is 30.0 Å². The van der Waals surface area contributed by atoms with Crippen molar-refractivity contribution in [1.82, 2.24) is 14.7 Å². The second-order valence-corrected chi connectivity index (χ2v) is 6.87. The molecule has 140 valence electrons. The number of ether oxygens (including phenoxy) is 2. The molecular weight excluding hydrogens is 338 g/mol. The molecule has 2 heterocycles. The van der Waals surface area contributed by atoms with Gasteiger partial charge in [-0.25, -0.2) is 4.68 Å². The van der Waals surface area contributed by atoms with Crippen LogP contribution in [0.3, 0.4) is 0 Å². The Bertz CT molecular complexity index is 892. The van der Waals surface area contributed by atoms with Crippen LogP contribution in [0.2, 0.25) is 0 Å². The number of rotatable bonds is 6. The number of hydrogen-bond acceptors (Lipinski definition) is 4. The molecule has 0 spiro atoms. The molecule has 3 aromatic rings. The van der Waals surface area contributed by atoms with Gasteiger partial charge in [0.05, 0.1) is 26.1 Å². The first-order valence-electron chi connectivity index (χ1n) is 9.33. The maximum atomic E-state index is 5.64. The molecule has 5 nitrogen and oxygen atoms in total. The number of likely N-dealkylation sites (tertiary alicyclic amines) is 1. The molecule has 1 aromatic heterocycles. The molecule has 5 heteroatoms. The van der Waals surface area contributed by atoms with Crippen LogP contribution in [0.5, 0.6) is 11.5 Å². The Hall–Kier alpha value is -2.79. The zero-order chi connectivity index (χ0) is 18.6. The second kappa shape index (κ2) is 7.84. The van der Waals surface area contributed by atoms with Crippen molar-refractivity contribution in [2.75, 3.05) is 20.8 Å². The van der Waals surface area contributed by atoms with E-state index in [-0.39, 0.29) is 0 Å². The van der Waals surface area contributed by atoms with Crippen LogP contribution < -0.4 is 9.47 Å². The normalized spacial score (nSPS) is 17.2. The van der Waals surface area contributed by atoms with Gasteiger partial charge in [0, 0.05) is 36.0 Å². The van der Waals surface area contributed by atoms with Gasteiger partial charge in [-0.1, -0.05) is 24.3 Å². The predicted molar refractivity (Wildman–Crippen MR) is 105 cm³/mol. The lowest BCUT2D eigenvalue weighted by Crippen LogP contribution is -2.23. The summed E-state index contributed by atoms with van der Waals surface area (Å²) in [5.41, 5.74) is 3.53. The average molecular weight is 363 g/mol. The third-order valence-electron chi connectivity index (χ3n) is 5.21. The van der Waals surface area contributed by atoms with E-state index < -0.39 is 0 Å². The highest BCUT2D eigenvalue weighted by molar-refractivity contribution is 5.43. The number of aromatic nitrogens is 2. The van der Waals surface area contributed by atoms with E-state index in [0.717, 1.165) is 36.7 Å². The molecular formula is C22H25N3O2. The Labute approximate surface area is 160 Å². The van der Waals surface area contributed by atoms with Crippen molar-refractivity contribution < 1.29 is 9.47 Å². The Morgan fingerprint density at radius 2 is 1.93 bits per heavy atom. The summed E-state index contributed by atoms with van der Waals surface area (Å²) in [7, 11) is 3.40. The standard InChI is InChI=1S/C22H25N3O2/c1-26-19-10-11-20(22(13-19)27-2)21-9-6-12-24(21)15-17-14-23-25(16-17)18-7-4-3-5-8-18/h3-5,7-8,10-11,13-14,16,21H,6,9,12,15H2,1-2H3. The van der Waals surface area contributed by atoms with Crippen molar-refractivity contribution in [2.24, 2.45) is 0 Å². The molecule has 27 heavy (non-hydrogen) atoms. The summed E-state index contributed by atoms with van der Waals surface area (Å²) < 4.78 is 12.9. The van der Waals surface area contributed by atoms with Crippen molar-refractivity contribution in [3.05, 3.63) is 72.1 Å². The zero-order valence-electron chi connectivity index (χ0n) is 15.8. The Kier molecular flexibility index (Phi) is 5.12. The summed E-state index contributed by atoms with van der Waals surface area (Å²) in [6, 6.07) is 16.7. The van der Waals surface area contributed by atoms with Crippen LogP contribution >= 0.6 is 0 Å². The highest BCUT2D eigenvalue weighted by Gasteiger charge is 2.28. The van der Waals surface area contributed by atoms with Gasteiger partial charge >= 0.3 is 0 Å². The lowest BCUT2D eigenvalue weighted by Gasteiger charge is -2.26. The van der Waals surface area contributed by atoms with Crippen molar-refractivity contribution in [1.29, 1.82) is 0 Å². The molecule has 0 radical (unpaired) electrons. The molecule has 0 N–H and O–H groups in total. The van der Waals surface area contributed by atoms with Gasteiger partial charge < -0.3 is 9.47 Å². The summed E-state index contributed by atoms with van der Waals surface area (Å²) in [5, 5.41) is 4.53. The molecule has 4 rings (SSSR count). The monoisotopic (exact) mass is 363 g/mol. The van der Waals surface area contributed by atoms with E-state index in [1.807, 2.05) is 41.2 Å². The minimum Gasteiger partial charge on any atom is -0.497 e.